The van der Waals surface area contributed by atoms with Gasteiger partial charge in [-0.3, -0.25) is 9.48 Å². The number of carbonyl (C=O) groups excluding carboxylic acids is 1. The number of anilines is 1. The number of rotatable bonds is 5. The Morgan fingerprint density at radius 2 is 2.44 bits per heavy atom. The maximum absolute atomic E-state index is 11.9. The molecule has 0 aromatic carbocycles. The Kier molecular flexibility index (Phi) is 3.12. The normalized spacial score (nSPS) is 15.1. The predicted molar refractivity (Wildman–Crippen MR) is 61.6 cm³/mol. The minimum Gasteiger partial charge on any atom is -0.396 e. The third kappa shape index (κ3) is 2.74. The van der Waals surface area contributed by atoms with Crippen molar-refractivity contribution in [3.63, 3.8) is 0 Å². The van der Waals surface area contributed by atoms with E-state index < -0.39 is 0 Å². The zero-order chi connectivity index (χ0) is 11.5. The average Bonchev–Trinajstić information content (AvgIpc) is 2.98. The van der Waals surface area contributed by atoms with Crippen molar-refractivity contribution in [2.24, 2.45) is 5.92 Å². The molecule has 0 spiro atoms. The van der Waals surface area contributed by atoms with Crippen molar-refractivity contribution in [2.75, 3.05) is 18.8 Å². The summed E-state index contributed by atoms with van der Waals surface area (Å²) in [6, 6.07) is 0. The van der Waals surface area contributed by atoms with Crippen LogP contribution in [0.3, 0.4) is 0 Å². The number of nitrogens with two attached hydrogens (primary N) is 1. The van der Waals surface area contributed by atoms with Gasteiger partial charge in [-0.25, -0.2) is 0 Å². The highest BCUT2D eigenvalue weighted by atomic mass is 16.2. The fourth-order valence-corrected chi connectivity index (χ4v) is 1.72. The number of hydrogen-bond acceptors (Lipinski definition) is 3. The molecule has 1 aromatic rings. The van der Waals surface area contributed by atoms with E-state index in [0.717, 1.165) is 19.0 Å². The third-order valence-electron chi connectivity index (χ3n) is 2.86. The van der Waals surface area contributed by atoms with Gasteiger partial charge < -0.3 is 10.6 Å². The molecule has 0 aliphatic heterocycles. The van der Waals surface area contributed by atoms with Crippen LogP contribution >= 0.6 is 0 Å². The van der Waals surface area contributed by atoms with Gasteiger partial charge in [0, 0.05) is 19.3 Å². The molecule has 1 heterocycles. The molecule has 1 aliphatic rings. The Labute approximate surface area is 95.2 Å². The summed E-state index contributed by atoms with van der Waals surface area (Å²) in [7, 11) is 0. The Bertz CT molecular complexity index is 370. The number of nitrogen functional groups attached to an aromatic ring is 1. The molecule has 0 saturated heterocycles. The molecular formula is C11H18N4O. The molecule has 5 heteroatoms. The van der Waals surface area contributed by atoms with Crippen LogP contribution < -0.4 is 5.73 Å². The Morgan fingerprint density at radius 3 is 2.94 bits per heavy atom. The van der Waals surface area contributed by atoms with Gasteiger partial charge in [-0.05, 0) is 25.7 Å². The number of likely N-dealkylation sites (N-methyl/N-ethyl adjacent to an activating group) is 1. The summed E-state index contributed by atoms with van der Waals surface area (Å²) in [6.45, 7) is 3.97. The molecule has 88 valence electrons. The zero-order valence-electron chi connectivity index (χ0n) is 9.59. The Hall–Kier alpha value is -1.52. The molecule has 2 N–H and O–H groups in total. The Morgan fingerprint density at radius 1 is 1.69 bits per heavy atom. The van der Waals surface area contributed by atoms with Gasteiger partial charge in [0.1, 0.15) is 6.54 Å². The van der Waals surface area contributed by atoms with Gasteiger partial charge in [-0.15, -0.1) is 0 Å². The van der Waals surface area contributed by atoms with Crippen molar-refractivity contribution in [1.82, 2.24) is 14.7 Å². The fourth-order valence-electron chi connectivity index (χ4n) is 1.72. The highest BCUT2D eigenvalue weighted by Gasteiger charge is 2.25. The van der Waals surface area contributed by atoms with Gasteiger partial charge in [-0.1, -0.05) is 0 Å². The van der Waals surface area contributed by atoms with Crippen LogP contribution in [0.25, 0.3) is 0 Å². The molecule has 1 amide bonds. The minimum absolute atomic E-state index is 0.123. The molecule has 0 atom stereocenters. The van der Waals surface area contributed by atoms with Gasteiger partial charge in [-0.2, -0.15) is 5.10 Å². The molecule has 16 heavy (non-hydrogen) atoms. The minimum atomic E-state index is 0.123. The lowest BCUT2D eigenvalue weighted by Gasteiger charge is -2.20. The van der Waals surface area contributed by atoms with Crippen molar-refractivity contribution in [1.29, 1.82) is 0 Å². The SMILES string of the molecule is CCN(CC1CC1)C(=O)Cn1cc(N)cn1. The van der Waals surface area contributed by atoms with Crippen LogP contribution in [0.1, 0.15) is 19.8 Å². The summed E-state index contributed by atoms with van der Waals surface area (Å²) in [6.07, 6.45) is 5.77. The van der Waals surface area contributed by atoms with E-state index in [1.54, 1.807) is 17.1 Å². The smallest absolute Gasteiger partial charge is 0.244 e. The molecule has 1 saturated carbocycles. The second-order valence-corrected chi connectivity index (χ2v) is 4.35. The highest BCUT2D eigenvalue weighted by Crippen LogP contribution is 2.29. The van der Waals surface area contributed by atoms with E-state index in [1.807, 2.05) is 11.8 Å². The van der Waals surface area contributed by atoms with Gasteiger partial charge >= 0.3 is 0 Å². The largest absolute Gasteiger partial charge is 0.396 e. The van der Waals surface area contributed by atoms with Gasteiger partial charge in [0.2, 0.25) is 5.91 Å². The first-order valence-corrected chi connectivity index (χ1v) is 5.74. The molecule has 1 aromatic heterocycles. The number of hydrogen-bond donors (Lipinski definition) is 1. The highest BCUT2D eigenvalue weighted by molar-refractivity contribution is 5.76. The molecular weight excluding hydrogens is 204 g/mol. The summed E-state index contributed by atoms with van der Waals surface area (Å²) in [5, 5.41) is 4.01. The number of amides is 1. The van der Waals surface area contributed by atoms with Crippen LogP contribution in [0.2, 0.25) is 0 Å². The van der Waals surface area contributed by atoms with Crippen LogP contribution in [0.4, 0.5) is 5.69 Å². The van der Waals surface area contributed by atoms with E-state index >= 15 is 0 Å². The quantitative estimate of drug-likeness (QED) is 0.798. The van der Waals surface area contributed by atoms with Gasteiger partial charge in [0.25, 0.3) is 0 Å². The first kappa shape index (κ1) is 11.0. The van der Waals surface area contributed by atoms with Crippen molar-refractivity contribution in [3.8, 4) is 0 Å². The van der Waals surface area contributed by atoms with Gasteiger partial charge in [0.05, 0.1) is 11.9 Å². The lowest BCUT2D eigenvalue weighted by atomic mass is 10.3. The second-order valence-electron chi connectivity index (χ2n) is 4.35. The van der Waals surface area contributed by atoms with Crippen molar-refractivity contribution < 1.29 is 4.79 Å². The lowest BCUT2D eigenvalue weighted by Crippen LogP contribution is -2.35. The average molecular weight is 222 g/mol. The standard InChI is InChI=1S/C11H18N4O/c1-2-14(6-9-3-4-9)11(16)8-15-7-10(12)5-13-15/h5,7,9H,2-4,6,8,12H2,1H3. The van der Waals surface area contributed by atoms with Crippen LogP contribution in [0.15, 0.2) is 12.4 Å². The van der Waals surface area contributed by atoms with E-state index in [4.69, 9.17) is 5.73 Å². The van der Waals surface area contributed by atoms with E-state index in [0.29, 0.717) is 5.69 Å². The summed E-state index contributed by atoms with van der Waals surface area (Å²) < 4.78 is 1.59. The van der Waals surface area contributed by atoms with E-state index in [9.17, 15) is 4.79 Å². The topological polar surface area (TPSA) is 64.2 Å². The van der Waals surface area contributed by atoms with Crippen molar-refractivity contribution in [2.45, 2.75) is 26.3 Å². The third-order valence-corrected chi connectivity index (χ3v) is 2.86. The summed E-state index contributed by atoms with van der Waals surface area (Å²) in [5.41, 5.74) is 6.14. The zero-order valence-corrected chi connectivity index (χ0v) is 9.59. The monoisotopic (exact) mass is 222 g/mol. The Balaban J connectivity index is 1.89. The van der Waals surface area contributed by atoms with E-state index in [2.05, 4.69) is 5.10 Å². The first-order valence-electron chi connectivity index (χ1n) is 5.74. The molecule has 1 aliphatic carbocycles. The molecule has 0 bridgehead atoms. The second kappa shape index (κ2) is 4.55. The predicted octanol–water partition coefficient (Wildman–Crippen LogP) is 0.724. The van der Waals surface area contributed by atoms with E-state index in [-0.39, 0.29) is 12.5 Å². The number of aromatic nitrogens is 2. The maximum Gasteiger partial charge on any atom is 0.244 e. The van der Waals surface area contributed by atoms with Crippen molar-refractivity contribution >= 4 is 11.6 Å². The number of carbonyl (C=O) groups is 1. The maximum atomic E-state index is 11.9. The van der Waals surface area contributed by atoms with Crippen LogP contribution in [0.5, 0.6) is 0 Å². The molecule has 1 fully saturated rings. The number of nitrogens with zero attached hydrogens (tertiary/aromatic N) is 3. The summed E-state index contributed by atoms with van der Waals surface area (Å²) >= 11 is 0. The lowest BCUT2D eigenvalue weighted by molar-refractivity contribution is -0.132. The molecule has 0 radical (unpaired) electrons. The van der Waals surface area contributed by atoms with E-state index in [1.165, 1.54) is 12.8 Å². The molecule has 2 rings (SSSR count). The first-order chi connectivity index (χ1) is 7.69. The fraction of sp³-hybridized carbons (Fsp3) is 0.636. The summed E-state index contributed by atoms with van der Waals surface area (Å²) in [5.74, 6) is 0.851. The van der Waals surface area contributed by atoms with Crippen LogP contribution in [-0.2, 0) is 11.3 Å². The molecule has 0 unspecified atom stereocenters. The summed E-state index contributed by atoms with van der Waals surface area (Å²) in [4.78, 5) is 13.8. The van der Waals surface area contributed by atoms with Crippen LogP contribution in [-0.4, -0.2) is 33.7 Å². The molecule has 5 nitrogen and oxygen atoms in total. The van der Waals surface area contributed by atoms with Crippen molar-refractivity contribution in [3.05, 3.63) is 12.4 Å². The van der Waals surface area contributed by atoms with Gasteiger partial charge in [0.15, 0.2) is 0 Å². The van der Waals surface area contributed by atoms with Crippen LogP contribution in [0, 0.1) is 5.92 Å².